The van der Waals surface area contributed by atoms with E-state index in [1.165, 1.54) is 7.11 Å². The van der Waals surface area contributed by atoms with Crippen LogP contribution >= 0.6 is 0 Å². The maximum Gasteiger partial charge on any atom is 0.340 e. The van der Waals surface area contributed by atoms with Gasteiger partial charge in [0.05, 0.1) is 25.0 Å². The van der Waals surface area contributed by atoms with Crippen molar-refractivity contribution in [2.75, 3.05) is 20.8 Å². The highest BCUT2D eigenvalue weighted by Gasteiger charge is 2.15. The van der Waals surface area contributed by atoms with E-state index in [0.717, 1.165) is 0 Å². The molecule has 0 unspecified atom stereocenters. The molecule has 5 heteroatoms. The Morgan fingerprint density at radius 1 is 1.53 bits per heavy atom. The first-order valence-electron chi connectivity index (χ1n) is 4.46. The second-order valence-corrected chi connectivity index (χ2v) is 2.91. The number of carbonyl (C=O) groups is 2. The Labute approximate surface area is 87.6 Å². The van der Waals surface area contributed by atoms with Gasteiger partial charge in [0, 0.05) is 19.9 Å². The van der Waals surface area contributed by atoms with Crippen LogP contribution in [-0.4, -0.2) is 37.6 Å². The Morgan fingerprint density at radius 2 is 2.27 bits per heavy atom. The van der Waals surface area contributed by atoms with Gasteiger partial charge in [-0.25, -0.2) is 4.79 Å². The van der Waals surface area contributed by atoms with Gasteiger partial charge in [-0.1, -0.05) is 0 Å². The number of methoxy groups -OCH3 is 2. The van der Waals surface area contributed by atoms with Crippen molar-refractivity contribution in [2.45, 2.75) is 6.54 Å². The first kappa shape index (κ1) is 11.5. The largest absolute Gasteiger partial charge is 0.465 e. The summed E-state index contributed by atoms with van der Waals surface area (Å²) < 4.78 is 11.1. The van der Waals surface area contributed by atoms with Crippen LogP contribution in [0.15, 0.2) is 12.3 Å². The van der Waals surface area contributed by atoms with Crippen LogP contribution in [0.25, 0.3) is 0 Å². The fraction of sp³-hybridized carbons (Fsp3) is 0.400. The topological polar surface area (TPSA) is 57.5 Å². The molecule has 0 fully saturated rings. The molecule has 0 aromatic carbocycles. The van der Waals surface area contributed by atoms with E-state index in [9.17, 15) is 9.59 Å². The van der Waals surface area contributed by atoms with E-state index < -0.39 is 5.97 Å². The van der Waals surface area contributed by atoms with Crippen LogP contribution < -0.4 is 0 Å². The zero-order valence-corrected chi connectivity index (χ0v) is 8.73. The fourth-order valence-electron chi connectivity index (χ4n) is 1.28. The molecule has 0 amide bonds. The molecule has 0 aliphatic heterocycles. The smallest absolute Gasteiger partial charge is 0.340 e. The molecule has 0 atom stereocenters. The van der Waals surface area contributed by atoms with Crippen molar-refractivity contribution in [1.82, 2.24) is 4.57 Å². The standard InChI is InChI=1S/C10H13NO4/c1-14-6-5-11-4-3-8(9(11)7-12)10(13)15-2/h3-4,7H,5-6H2,1-2H3. The third-order valence-electron chi connectivity index (χ3n) is 2.06. The summed E-state index contributed by atoms with van der Waals surface area (Å²) in [6.07, 6.45) is 2.30. The summed E-state index contributed by atoms with van der Waals surface area (Å²) in [4.78, 5) is 22.1. The highest BCUT2D eigenvalue weighted by Crippen LogP contribution is 2.10. The molecule has 0 saturated carbocycles. The van der Waals surface area contributed by atoms with Crippen LogP contribution in [0.4, 0.5) is 0 Å². The van der Waals surface area contributed by atoms with E-state index >= 15 is 0 Å². The first-order valence-corrected chi connectivity index (χ1v) is 4.46. The highest BCUT2D eigenvalue weighted by atomic mass is 16.5. The lowest BCUT2D eigenvalue weighted by Gasteiger charge is -2.04. The van der Waals surface area contributed by atoms with Crippen LogP contribution in [0, 0.1) is 0 Å². The molecule has 1 aromatic rings. The molecule has 0 saturated heterocycles. The first-order chi connectivity index (χ1) is 7.24. The Bertz CT molecular complexity index is 356. The Morgan fingerprint density at radius 3 is 2.80 bits per heavy atom. The van der Waals surface area contributed by atoms with Crippen LogP contribution in [0.2, 0.25) is 0 Å². The van der Waals surface area contributed by atoms with Crippen LogP contribution in [-0.2, 0) is 16.0 Å². The molecule has 0 aliphatic carbocycles. The summed E-state index contributed by atoms with van der Waals surface area (Å²) in [5.41, 5.74) is 0.600. The van der Waals surface area contributed by atoms with Crippen molar-refractivity contribution in [2.24, 2.45) is 0 Å². The summed E-state index contributed by atoms with van der Waals surface area (Å²) in [6.45, 7) is 1.01. The molecule has 5 nitrogen and oxygen atoms in total. The van der Waals surface area contributed by atoms with Gasteiger partial charge in [-0.05, 0) is 6.07 Å². The SMILES string of the molecule is COCCn1ccc(C(=O)OC)c1C=O. The van der Waals surface area contributed by atoms with Crippen LogP contribution in [0.1, 0.15) is 20.8 Å². The van der Waals surface area contributed by atoms with E-state index in [1.54, 1.807) is 23.9 Å². The van der Waals surface area contributed by atoms with Crippen LogP contribution in [0.5, 0.6) is 0 Å². The van der Waals surface area contributed by atoms with Crippen molar-refractivity contribution >= 4 is 12.3 Å². The number of carbonyl (C=O) groups excluding carboxylic acids is 2. The number of hydrogen-bond donors (Lipinski definition) is 0. The van der Waals surface area contributed by atoms with Crippen molar-refractivity contribution in [3.05, 3.63) is 23.5 Å². The molecule has 1 aromatic heterocycles. The third kappa shape index (κ3) is 2.44. The summed E-state index contributed by atoms with van der Waals surface area (Å²) in [6, 6.07) is 1.56. The van der Waals surface area contributed by atoms with Gasteiger partial charge in [0.1, 0.15) is 0 Å². The highest BCUT2D eigenvalue weighted by molar-refractivity contribution is 5.97. The maximum atomic E-state index is 11.3. The van der Waals surface area contributed by atoms with Crippen molar-refractivity contribution in [3.8, 4) is 0 Å². The van der Waals surface area contributed by atoms with E-state index in [4.69, 9.17) is 4.74 Å². The van der Waals surface area contributed by atoms with Crippen molar-refractivity contribution in [3.63, 3.8) is 0 Å². The monoisotopic (exact) mass is 211 g/mol. The van der Waals surface area contributed by atoms with E-state index in [1.807, 2.05) is 0 Å². The Kier molecular flexibility index (Phi) is 4.05. The molecule has 1 rings (SSSR count). The van der Waals surface area contributed by atoms with E-state index in [2.05, 4.69) is 4.74 Å². The minimum atomic E-state index is -0.506. The molecule has 0 N–H and O–H groups in total. The number of nitrogens with zero attached hydrogens (tertiary/aromatic N) is 1. The van der Waals surface area contributed by atoms with Crippen molar-refractivity contribution < 1.29 is 19.1 Å². The quantitative estimate of drug-likeness (QED) is 0.532. The number of esters is 1. The van der Waals surface area contributed by atoms with Gasteiger partial charge >= 0.3 is 5.97 Å². The number of aldehydes is 1. The number of rotatable bonds is 5. The molecular weight excluding hydrogens is 198 g/mol. The lowest BCUT2D eigenvalue weighted by atomic mass is 10.2. The van der Waals surface area contributed by atoms with Gasteiger partial charge in [-0.2, -0.15) is 0 Å². The minimum Gasteiger partial charge on any atom is -0.465 e. The van der Waals surface area contributed by atoms with Crippen LogP contribution in [0.3, 0.4) is 0 Å². The molecular formula is C10H13NO4. The van der Waals surface area contributed by atoms with Gasteiger partial charge in [0.2, 0.25) is 0 Å². The summed E-state index contributed by atoms with van der Waals surface area (Å²) >= 11 is 0. The molecule has 82 valence electrons. The van der Waals surface area contributed by atoms with E-state index in [0.29, 0.717) is 25.1 Å². The molecule has 0 radical (unpaired) electrons. The molecule has 0 aliphatic rings. The normalized spacial score (nSPS) is 10.0. The van der Waals surface area contributed by atoms with Gasteiger partial charge in [0.25, 0.3) is 0 Å². The molecule has 0 spiro atoms. The third-order valence-corrected chi connectivity index (χ3v) is 2.06. The average Bonchev–Trinajstić information content (AvgIpc) is 2.67. The lowest BCUT2D eigenvalue weighted by molar-refractivity contribution is 0.0598. The summed E-state index contributed by atoms with van der Waals surface area (Å²) in [5, 5.41) is 0. The van der Waals surface area contributed by atoms with E-state index in [-0.39, 0.29) is 5.56 Å². The second-order valence-electron chi connectivity index (χ2n) is 2.91. The second kappa shape index (κ2) is 5.31. The molecule has 0 bridgehead atoms. The lowest BCUT2D eigenvalue weighted by Crippen LogP contribution is -2.10. The number of aromatic nitrogens is 1. The maximum absolute atomic E-state index is 11.3. The predicted molar refractivity (Wildman–Crippen MR) is 53.0 cm³/mol. The van der Waals surface area contributed by atoms with Gasteiger partial charge < -0.3 is 14.0 Å². The fourth-order valence-corrected chi connectivity index (χ4v) is 1.28. The Balaban J connectivity index is 2.95. The Hall–Kier alpha value is -1.62. The van der Waals surface area contributed by atoms with Gasteiger partial charge in [-0.15, -0.1) is 0 Å². The molecule has 1 heterocycles. The van der Waals surface area contributed by atoms with Gasteiger partial charge in [0.15, 0.2) is 6.29 Å². The summed E-state index contributed by atoms with van der Waals surface area (Å²) in [5.74, 6) is -0.506. The summed E-state index contributed by atoms with van der Waals surface area (Å²) in [7, 11) is 2.86. The predicted octanol–water partition coefficient (Wildman–Crippen LogP) is 0.734. The zero-order chi connectivity index (χ0) is 11.3. The minimum absolute atomic E-state index is 0.281. The molecule has 15 heavy (non-hydrogen) atoms. The number of ether oxygens (including phenoxy) is 2. The number of hydrogen-bond acceptors (Lipinski definition) is 4. The van der Waals surface area contributed by atoms with Crippen molar-refractivity contribution in [1.29, 1.82) is 0 Å². The average molecular weight is 211 g/mol. The zero-order valence-electron chi connectivity index (χ0n) is 8.73. The van der Waals surface area contributed by atoms with Gasteiger partial charge in [-0.3, -0.25) is 4.79 Å².